The molecule has 0 spiro atoms. The molecule has 0 saturated carbocycles. The van der Waals surface area contributed by atoms with Crippen molar-refractivity contribution in [2.45, 2.75) is 19.0 Å². The lowest BCUT2D eigenvalue weighted by Crippen LogP contribution is -2.48. The molecule has 0 rings (SSSR count). The molecule has 92 valence electrons. The van der Waals surface area contributed by atoms with Crippen molar-refractivity contribution in [3.8, 4) is 0 Å². The number of rotatable bonds is 5. The Morgan fingerprint density at radius 2 is 1.47 bits per heavy atom. The zero-order chi connectivity index (χ0) is 12.1. The molecule has 0 radical (unpaired) electrons. The van der Waals surface area contributed by atoms with Gasteiger partial charge in [-0.1, -0.05) is 15.9 Å². The van der Waals surface area contributed by atoms with Gasteiger partial charge in [0.1, 0.15) is 5.52 Å². The predicted octanol–water partition coefficient (Wildman–Crippen LogP) is 3.09. The quantitative estimate of drug-likeness (QED) is 0.335. The second-order valence-corrected chi connectivity index (χ2v) is 2.92. The summed E-state index contributed by atoms with van der Waals surface area (Å²) in [4.78, 5) is -1.47. The van der Waals surface area contributed by atoms with Gasteiger partial charge >= 0.3 is 12.6 Å². The molecule has 2 nitrogen and oxygen atoms in total. The van der Waals surface area contributed by atoms with E-state index in [0.717, 1.165) is 0 Å². The lowest BCUT2D eigenvalue weighted by Gasteiger charge is -2.26. The Balaban J connectivity index is 4.17. The van der Waals surface area contributed by atoms with E-state index in [4.69, 9.17) is 0 Å². The van der Waals surface area contributed by atoms with Crippen molar-refractivity contribution in [1.82, 2.24) is 4.90 Å². The molecule has 9 heteroatoms. The first-order valence-electron chi connectivity index (χ1n) is 3.74. The molecule has 0 bridgehead atoms. The fourth-order valence-electron chi connectivity index (χ4n) is 0.777. The monoisotopic (exact) mass is 303 g/mol. The zero-order valence-electron chi connectivity index (χ0n) is 7.33. The van der Waals surface area contributed by atoms with Gasteiger partial charge in [0.05, 0.1) is 0 Å². The predicted molar refractivity (Wildman–Crippen MR) is 43.2 cm³/mol. The molecule has 0 fully saturated rings. The van der Waals surface area contributed by atoms with Crippen molar-refractivity contribution >= 4 is 15.9 Å². The van der Waals surface area contributed by atoms with Crippen LogP contribution in [0.1, 0.15) is 6.42 Å². The summed E-state index contributed by atoms with van der Waals surface area (Å²) in [6.45, 7) is -1.34. The van der Waals surface area contributed by atoms with Gasteiger partial charge in [0, 0.05) is 13.2 Å². The van der Waals surface area contributed by atoms with Gasteiger partial charge in [-0.15, -0.1) is 4.90 Å². The van der Waals surface area contributed by atoms with Crippen molar-refractivity contribution in [3.63, 3.8) is 0 Å². The van der Waals surface area contributed by atoms with E-state index in [0.29, 0.717) is 0 Å². The zero-order valence-corrected chi connectivity index (χ0v) is 8.92. The Kier molecular flexibility index (Phi) is 5.89. The third-order valence-corrected chi connectivity index (χ3v) is 1.68. The third-order valence-electron chi connectivity index (χ3n) is 1.36. The number of hydrogen-bond acceptors (Lipinski definition) is 2. The van der Waals surface area contributed by atoms with E-state index in [1.807, 2.05) is 0 Å². The number of halogens is 7. The van der Waals surface area contributed by atoms with Crippen molar-refractivity contribution in [1.29, 1.82) is 0 Å². The summed E-state index contributed by atoms with van der Waals surface area (Å²) in [5, 5.41) is 0. The van der Waals surface area contributed by atoms with E-state index in [1.165, 1.54) is 0 Å². The summed E-state index contributed by atoms with van der Waals surface area (Å²) in [7, 11) is 0. The van der Waals surface area contributed by atoms with Gasteiger partial charge in [0.25, 0.3) is 0 Å². The minimum Gasteiger partial charge on any atom is -0.370 e. The van der Waals surface area contributed by atoms with E-state index >= 15 is 0 Å². The molecule has 0 aromatic heterocycles. The Hall–Kier alpha value is -0.0200. The Labute approximate surface area is 90.3 Å². The van der Waals surface area contributed by atoms with E-state index in [1.54, 1.807) is 0 Å². The van der Waals surface area contributed by atoms with Crippen LogP contribution in [0, 0.1) is 0 Å². The molecule has 0 saturated heterocycles. The van der Waals surface area contributed by atoms with Crippen LogP contribution in [0.3, 0.4) is 0 Å². The van der Waals surface area contributed by atoms with E-state index in [2.05, 4.69) is 20.7 Å². The molecule has 0 aliphatic heterocycles. The van der Waals surface area contributed by atoms with Crippen molar-refractivity contribution in [2.75, 3.05) is 18.7 Å². The van der Waals surface area contributed by atoms with Crippen LogP contribution in [0.4, 0.5) is 26.3 Å². The molecular formula is C6H8BrF6NO. The normalized spacial score (nSPS) is 13.6. The fourth-order valence-corrected chi connectivity index (χ4v) is 1.01. The Morgan fingerprint density at radius 1 is 1.00 bits per heavy atom. The summed E-state index contributed by atoms with van der Waals surface area (Å²) in [5.41, 5.74) is 0.0744. The summed E-state index contributed by atoms with van der Waals surface area (Å²) < 4.78 is 75.9. The molecule has 0 aliphatic rings. The maximum Gasteiger partial charge on any atom is 0.467 e. The van der Waals surface area contributed by atoms with Crippen LogP contribution in [0.5, 0.6) is 0 Å². The number of ether oxygens (including phenoxy) is 1. The highest BCUT2D eigenvalue weighted by Crippen LogP contribution is 2.33. The minimum atomic E-state index is -5.41. The number of nitrogens with zero attached hydrogens (tertiary/aromatic N) is 1. The first-order valence-corrected chi connectivity index (χ1v) is 4.86. The van der Waals surface area contributed by atoms with E-state index in [9.17, 15) is 26.3 Å². The topological polar surface area (TPSA) is 12.5 Å². The number of hydrogen-bond donors (Lipinski definition) is 0. The van der Waals surface area contributed by atoms with Crippen LogP contribution >= 0.6 is 15.9 Å². The number of alkyl halides is 7. The van der Waals surface area contributed by atoms with Gasteiger partial charge in [-0.25, -0.2) is 0 Å². The first kappa shape index (κ1) is 15.0. The van der Waals surface area contributed by atoms with Crippen LogP contribution in [0.2, 0.25) is 0 Å². The lowest BCUT2D eigenvalue weighted by molar-refractivity contribution is -0.373. The molecule has 0 aromatic carbocycles. The van der Waals surface area contributed by atoms with Crippen LogP contribution in [0.15, 0.2) is 0 Å². The summed E-state index contributed by atoms with van der Waals surface area (Å²) in [6.07, 6.45) is -11.2. The smallest absolute Gasteiger partial charge is 0.370 e. The average Bonchev–Trinajstić information content (AvgIpc) is 1.99. The summed E-state index contributed by atoms with van der Waals surface area (Å²) >= 11 is 2.82. The van der Waals surface area contributed by atoms with Crippen LogP contribution < -0.4 is 0 Å². The molecule has 0 heterocycles. The fraction of sp³-hybridized carbons (Fsp3) is 1.00. The van der Waals surface area contributed by atoms with Crippen LogP contribution in [0.25, 0.3) is 0 Å². The maximum absolute atomic E-state index is 11.9. The first-order chi connectivity index (χ1) is 6.69. The highest BCUT2D eigenvalue weighted by molar-refractivity contribution is 9.09. The SMILES string of the molecule is FC(F)(F)N(CCCOCBr)C(F)(F)F. The van der Waals surface area contributed by atoms with Gasteiger partial charge < -0.3 is 4.74 Å². The molecule has 0 aliphatic carbocycles. The molecule has 0 aromatic rings. The van der Waals surface area contributed by atoms with Crippen molar-refractivity contribution in [3.05, 3.63) is 0 Å². The lowest BCUT2D eigenvalue weighted by atomic mass is 10.4. The average molecular weight is 304 g/mol. The maximum atomic E-state index is 11.9. The summed E-state index contributed by atoms with van der Waals surface area (Å²) in [5.74, 6) is 0. The molecule has 0 unspecified atom stereocenters. The highest BCUT2D eigenvalue weighted by atomic mass is 79.9. The van der Waals surface area contributed by atoms with E-state index < -0.39 is 24.0 Å². The highest BCUT2D eigenvalue weighted by Gasteiger charge is 2.53. The van der Waals surface area contributed by atoms with Crippen molar-refractivity contribution in [2.24, 2.45) is 0 Å². The molecular weight excluding hydrogens is 296 g/mol. The third kappa shape index (κ3) is 6.21. The van der Waals surface area contributed by atoms with Gasteiger partial charge in [-0.05, 0) is 6.42 Å². The standard InChI is InChI=1S/C6H8BrF6NO/c7-4-15-3-1-2-14(5(8,9)10)6(11,12)13/h1-4H2. The molecule has 0 N–H and O–H groups in total. The molecule has 0 amide bonds. The van der Waals surface area contributed by atoms with Gasteiger partial charge in [-0.2, -0.15) is 26.3 Å². The van der Waals surface area contributed by atoms with Crippen molar-refractivity contribution < 1.29 is 31.1 Å². The Morgan fingerprint density at radius 3 is 1.80 bits per heavy atom. The van der Waals surface area contributed by atoms with Gasteiger partial charge in [0.15, 0.2) is 0 Å². The van der Waals surface area contributed by atoms with Gasteiger partial charge in [0.2, 0.25) is 0 Å². The molecule has 15 heavy (non-hydrogen) atoms. The second-order valence-electron chi connectivity index (χ2n) is 2.46. The summed E-state index contributed by atoms with van der Waals surface area (Å²) in [6, 6.07) is 0. The van der Waals surface area contributed by atoms with Gasteiger partial charge in [-0.3, -0.25) is 0 Å². The van der Waals surface area contributed by atoms with E-state index in [-0.39, 0.29) is 18.5 Å². The van der Waals surface area contributed by atoms with Crippen LogP contribution in [-0.2, 0) is 4.74 Å². The largest absolute Gasteiger partial charge is 0.467 e. The minimum absolute atomic E-state index is 0.0744. The molecule has 0 atom stereocenters. The Bertz CT molecular complexity index is 167. The van der Waals surface area contributed by atoms with Crippen LogP contribution in [-0.4, -0.2) is 36.2 Å². The second kappa shape index (κ2) is 5.90.